The molecule has 1 amide bonds. The summed E-state index contributed by atoms with van der Waals surface area (Å²) in [4.78, 5) is 14.4. The predicted octanol–water partition coefficient (Wildman–Crippen LogP) is 1.98. The normalized spacial score (nSPS) is 19.6. The lowest BCUT2D eigenvalue weighted by atomic mass is 10.2. The van der Waals surface area contributed by atoms with Gasteiger partial charge < -0.3 is 14.8 Å². The Balaban J connectivity index is 1.70. The van der Waals surface area contributed by atoms with Crippen molar-refractivity contribution in [3.8, 4) is 0 Å². The molecule has 24 heavy (non-hydrogen) atoms. The van der Waals surface area contributed by atoms with Crippen molar-refractivity contribution in [1.82, 2.24) is 10.2 Å². The molecular weight excluding hydrogens is 304 g/mol. The maximum Gasteiger partial charge on any atom is 0.248 e. The molecule has 1 aromatic carbocycles. The van der Waals surface area contributed by atoms with Crippen LogP contribution in [0.3, 0.4) is 0 Å². The van der Waals surface area contributed by atoms with E-state index < -0.39 is 6.10 Å². The zero-order chi connectivity index (χ0) is 17.2. The third-order valence-corrected chi connectivity index (χ3v) is 4.03. The summed E-state index contributed by atoms with van der Waals surface area (Å²) in [7, 11) is 0. The Morgan fingerprint density at radius 1 is 1.50 bits per heavy atom. The molecule has 0 aromatic heterocycles. The number of carbonyl (C=O) groups excluding carboxylic acids is 1. The summed E-state index contributed by atoms with van der Waals surface area (Å²) in [6.45, 7) is 9.77. The molecule has 1 saturated heterocycles. The summed E-state index contributed by atoms with van der Waals surface area (Å²) in [6.07, 6.45) is 2.10. The van der Waals surface area contributed by atoms with Gasteiger partial charge in [0.05, 0.1) is 19.3 Å². The Morgan fingerprint density at radius 3 is 3.04 bits per heavy atom. The zero-order valence-electron chi connectivity index (χ0n) is 14.4. The van der Waals surface area contributed by atoms with Gasteiger partial charge in [-0.15, -0.1) is 6.58 Å². The highest BCUT2D eigenvalue weighted by molar-refractivity contribution is 5.80. The number of hydrogen-bond acceptors (Lipinski definition) is 4. The van der Waals surface area contributed by atoms with Crippen LogP contribution < -0.4 is 5.32 Å². The van der Waals surface area contributed by atoms with E-state index in [9.17, 15) is 4.79 Å². The van der Waals surface area contributed by atoms with Gasteiger partial charge in [-0.1, -0.05) is 36.4 Å². The van der Waals surface area contributed by atoms with Crippen molar-refractivity contribution in [3.63, 3.8) is 0 Å². The van der Waals surface area contributed by atoms with Gasteiger partial charge in [0.15, 0.2) is 0 Å². The van der Waals surface area contributed by atoms with Crippen LogP contribution in [-0.2, 0) is 20.8 Å². The van der Waals surface area contributed by atoms with E-state index in [1.165, 1.54) is 5.56 Å². The topological polar surface area (TPSA) is 50.8 Å². The Labute approximate surface area is 144 Å². The lowest BCUT2D eigenvalue weighted by molar-refractivity contribution is -0.132. The Morgan fingerprint density at radius 2 is 2.29 bits per heavy atom. The summed E-state index contributed by atoms with van der Waals surface area (Å²) in [5.41, 5.74) is 1.30. The standard InChI is InChI=1S/C19H28N2O3/c1-3-4-11-23-16(2)19(22)20-13-18-15-21(10-12-24-18)14-17-8-6-5-7-9-17/h3,5-9,16,18H,1,4,10-15H2,2H3,(H,20,22)/t16-,18+/m0/s1. The van der Waals surface area contributed by atoms with Gasteiger partial charge in [0.1, 0.15) is 6.10 Å². The minimum atomic E-state index is -0.450. The van der Waals surface area contributed by atoms with Gasteiger partial charge in [-0.2, -0.15) is 0 Å². The molecule has 1 fully saturated rings. The second-order valence-electron chi connectivity index (χ2n) is 6.05. The van der Waals surface area contributed by atoms with Crippen LogP contribution in [0, 0.1) is 0 Å². The van der Waals surface area contributed by atoms with Crippen LogP contribution in [0.25, 0.3) is 0 Å². The van der Waals surface area contributed by atoms with Crippen molar-refractivity contribution < 1.29 is 14.3 Å². The fraction of sp³-hybridized carbons (Fsp3) is 0.526. The number of ether oxygens (including phenoxy) is 2. The molecule has 0 aliphatic carbocycles. The van der Waals surface area contributed by atoms with E-state index in [-0.39, 0.29) is 12.0 Å². The van der Waals surface area contributed by atoms with Crippen LogP contribution in [0.1, 0.15) is 18.9 Å². The molecule has 1 aromatic rings. The highest BCUT2D eigenvalue weighted by Gasteiger charge is 2.22. The van der Waals surface area contributed by atoms with E-state index >= 15 is 0 Å². The van der Waals surface area contributed by atoms with Crippen molar-refractivity contribution in [2.75, 3.05) is 32.8 Å². The van der Waals surface area contributed by atoms with E-state index in [0.29, 0.717) is 19.8 Å². The Hall–Kier alpha value is -1.69. The molecule has 0 saturated carbocycles. The second-order valence-corrected chi connectivity index (χ2v) is 6.05. The molecule has 0 spiro atoms. The first-order chi connectivity index (χ1) is 11.7. The maximum atomic E-state index is 12.0. The molecule has 1 aliphatic rings. The van der Waals surface area contributed by atoms with Crippen LogP contribution in [0.15, 0.2) is 43.0 Å². The molecular formula is C19H28N2O3. The quantitative estimate of drug-likeness (QED) is 0.555. The van der Waals surface area contributed by atoms with Crippen LogP contribution in [-0.4, -0.2) is 55.9 Å². The van der Waals surface area contributed by atoms with E-state index in [0.717, 1.165) is 26.1 Å². The van der Waals surface area contributed by atoms with Gasteiger partial charge in [-0.05, 0) is 18.9 Å². The fourth-order valence-electron chi connectivity index (χ4n) is 2.65. The average molecular weight is 332 g/mol. The SMILES string of the molecule is C=CCCO[C@@H](C)C(=O)NC[C@@H]1CN(Cc2ccccc2)CCO1. The lowest BCUT2D eigenvalue weighted by Gasteiger charge is -2.33. The van der Waals surface area contributed by atoms with E-state index in [1.54, 1.807) is 13.0 Å². The summed E-state index contributed by atoms with van der Waals surface area (Å²) in [5.74, 6) is -0.0946. The third-order valence-electron chi connectivity index (χ3n) is 4.03. The molecule has 2 atom stereocenters. The first kappa shape index (κ1) is 18.6. The molecule has 0 bridgehead atoms. The van der Waals surface area contributed by atoms with Gasteiger partial charge in [-0.3, -0.25) is 9.69 Å². The number of rotatable bonds is 9. The van der Waals surface area contributed by atoms with Crippen molar-refractivity contribution in [2.24, 2.45) is 0 Å². The molecule has 0 unspecified atom stereocenters. The minimum absolute atomic E-state index is 0.0202. The third kappa shape index (κ3) is 6.43. The minimum Gasteiger partial charge on any atom is -0.374 e. The molecule has 2 rings (SSSR count). The molecule has 1 aliphatic heterocycles. The van der Waals surface area contributed by atoms with Gasteiger partial charge in [0.2, 0.25) is 5.91 Å². The van der Waals surface area contributed by atoms with Gasteiger partial charge in [0.25, 0.3) is 0 Å². The van der Waals surface area contributed by atoms with E-state index in [4.69, 9.17) is 9.47 Å². The number of nitrogens with zero attached hydrogens (tertiary/aromatic N) is 1. The van der Waals surface area contributed by atoms with Crippen LogP contribution in [0.5, 0.6) is 0 Å². The molecule has 5 nitrogen and oxygen atoms in total. The number of benzene rings is 1. The molecule has 5 heteroatoms. The number of morpholine rings is 1. The lowest BCUT2D eigenvalue weighted by Crippen LogP contribution is -2.48. The van der Waals surface area contributed by atoms with Gasteiger partial charge in [-0.25, -0.2) is 0 Å². The highest BCUT2D eigenvalue weighted by atomic mass is 16.5. The molecule has 132 valence electrons. The highest BCUT2D eigenvalue weighted by Crippen LogP contribution is 2.10. The Kier molecular flexibility index (Phi) is 7.95. The summed E-state index contributed by atoms with van der Waals surface area (Å²) in [5, 5.41) is 2.92. The summed E-state index contributed by atoms with van der Waals surface area (Å²) < 4.78 is 11.2. The summed E-state index contributed by atoms with van der Waals surface area (Å²) >= 11 is 0. The first-order valence-corrected chi connectivity index (χ1v) is 8.57. The average Bonchev–Trinajstić information content (AvgIpc) is 2.61. The summed E-state index contributed by atoms with van der Waals surface area (Å²) in [6, 6.07) is 10.4. The predicted molar refractivity (Wildman–Crippen MR) is 94.7 cm³/mol. The van der Waals surface area contributed by atoms with Crippen LogP contribution >= 0.6 is 0 Å². The van der Waals surface area contributed by atoms with Crippen LogP contribution in [0.4, 0.5) is 0 Å². The largest absolute Gasteiger partial charge is 0.374 e. The smallest absolute Gasteiger partial charge is 0.248 e. The van der Waals surface area contributed by atoms with Crippen molar-refractivity contribution in [1.29, 1.82) is 0 Å². The molecule has 1 heterocycles. The monoisotopic (exact) mass is 332 g/mol. The second kappa shape index (κ2) is 10.2. The first-order valence-electron chi connectivity index (χ1n) is 8.57. The maximum absolute atomic E-state index is 12.0. The van der Waals surface area contributed by atoms with Gasteiger partial charge in [0, 0.05) is 26.2 Å². The van der Waals surface area contributed by atoms with Crippen molar-refractivity contribution in [3.05, 3.63) is 48.6 Å². The van der Waals surface area contributed by atoms with Gasteiger partial charge >= 0.3 is 0 Å². The van der Waals surface area contributed by atoms with E-state index in [2.05, 4.69) is 41.1 Å². The Bertz CT molecular complexity index is 507. The van der Waals surface area contributed by atoms with Crippen molar-refractivity contribution >= 4 is 5.91 Å². The van der Waals surface area contributed by atoms with Crippen LogP contribution in [0.2, 0.25) is 0 Å². The number of nitrogens with one attached hydrogen (secondary N) is 1. The fourth-order valence-corrected chi connectivity index (χ4v) is 2.65. The number of amides is 1. The zero-order valence-corrected chi connectivity index (χ0v) is 14.4. The number of hydrogen-bond donors (Lipinski definition) is 1. The number of carbonyl (C=O) groups is 1. The van der Waals surface area contributed by atoms with E-state index in [1.807, 2.05) is 6.07 Å². The van der Waals surface area contributed by atoms with Crippen molar-refractivity contribution in [2.45, 2.75) is 32.1 Å². The molecule has 1 N–H and O–H groups in total. The molecule has 0 radical (unpaired) electrons.